The lowest BCUT2D eigenvalue weighted by Gasteiger charge is -2.21. The second kappa shape index (κ2) is 6.37. The molecule has 0 amide bonds. The van der Waals surface area contributed by atoms with Gasteiger partial charge in [-0.15, -0.1) is 0 Å². The second-order valence-corrected chi connectivity index (χ2v) is 5.79. The van der Waals surface area contributed by atoms with Crippen LogP contribution in [0.5, 0.6) is 0 Å². The molecule has 0 aliphatic carbocycles. The van der Waals surface area contributed by atoms with Crippen LogP contribution in [0.15, 0.2) is 30.6 Å². The fraction of sp³-hybridized carbons (Fsp3) is 0.562. The maximum Gasteiger partial charge on any atom is 0.0958 e. The van der Waals surface area contributed by atoms with Crippen molar-refractivity contribution in [2.45, 2.75) is 32.4 Å². The number of rotatable bonds is 6. The molecular weight excluding hydrogens is 248 g/mol. The van der Waals surface area contributed by atoms with Crippen LogP contribution in [0.25, 0.3) is 11.0 Å². The minimum absolute atomic E-state index is 0.558. The molecule has 1 fully saturated rings. The molecule has 1 atom stereocenters. The van der Waals surface area contributed by atoms with Gasteiger partial charge in [0.2, 0.25) is 0 Å². The van der Waals surface area contributed by atoms with Gasteiger partial charge in [-0.25, -0.2) is 4.98 Å². The van der Waals surface area contributed by atoms with Gasteiger partial charge >= 0.3 is 0 Å². The molecule has 20 heavy (non-hydrogen) atoms. The Bertz CT molecular complexity index is 542. The number of likely N-dealkylation sites (tertiary alicyclic amines) is 1. The van der Waals surface area contributed by atoms with Gasteiger partial charge in [-0.1, -0.05) is 12.1 Å². The van der Waals surface area contributed by atoms with Crippen molar-refractivity contribution in [3.63, 3.8) is 0 Å². The second-order valence-electron chi connectivity index (χ2n) is 5.79. The summed E-state index contributed by atoms with van der Waals surface area (Å²) < 4.78 is 2.23. The van der Waals surface area contributed by atoms with Crippen molar-refractivity contribution in [1.29, 1.82) is 0 Å². The van der Waals surface area contributed by atoms with E-state index in [1.54, 1.807) is 0 Å². The first kappa shape index (κ1) is 13.6. The van der Waals surface area contributed by atoms with Crippen molar-refractivity contribution in [1.82, 2.24) is 19.8 Å². The molecule has 4 nitrogen and oxygen atoms in total. The Morgan fingerprint density at radius 3 is 2.90 bits per heavy atom. The van der Waals surface area contributed by atoms with E-state index in [4.69, 9.17) is 0 Å². The topological polar surface area (TPSA) is 33.1 Å². The molecule has 1 aliphatic heterocycles. The summed E-state index contributed by atoms with van der Waals surface area (Å²) in [5.41, 5.74) is 2.30. The molecule has 0 spiro atoms. The highest BCUT2D eigenvalue weighted by Crippen LogP contribution is 2.11. The van der Waals surface area contributed by atoms with E-state index in [1.165, 1.54) is 38.0 Å². The summed E-state index contributed by atoms with van der Waals surface area (Å²) in [5, 5.41) is 3.62. The third-order valence-corrected chi connectivity index (χ3v) is 4.10. The van der Waals surface area contributed by atoms with Crippen LogP contribution in [0.1, 0.15) is 19.8 Å². The Morgan fingerprint density at radius 1 is 1.25 bits per heavy atom. The third-order valence-electron chi connectivity index (χ3n) is 4.10. The highest BCUT2D eigenvalue weighted by molar-refractivity contribution is 5.74. The molecule has 0 saturated carbocycles. The molecule has 2 heterocycles. The average molecular weight is 272 g/mol. The Labute approximate surface area is 120 Å². The predicted octanol–water partition coefficient (Wildman–Crippen LogP) is 2.11. The first-order valence-corrected chi connectivity index (χ1v) is 7.68. The SMILES string of the molecule is CC(CN1CCCC1)NCCn1cnc2ccccc21. The lowest BCUT2D eigenvalue weighted by molar-refractivity contribution is 0.298. The van der Waals surface area contributed by atoms with Crippen LogP contribution in [0.2, 0.25) is 0 Å². The molecule has 2 aromatic rings. The molecule has 1 unspecified atom stereocenters. The molecule has 1 aromatic carbocycles. The fourth-order valence-electron chi connectivity index (χ4n) is 3.04. The van der Waals surface area contributed by atoms with Crippen molar-refractivity contribution in [3.8, 4) is 0 Å². The van der Waals surface area contributed by atoms with E-state index in [1.807, 2.05) is 12.4 Å². The number of nitrogens with zero attached hydrogens (tertiary/aromatic N) is 3. The molecule has 1 saturated heterocycles. The van der Waals surface area contributed by atoms with Crippen LogP contribution in [0.3, 0.4) is 0 Å². The number of benzene rings is 1. The van der Waals surface area contributed by atoms with E-state index in [0.717, 1.165) is 18.6 Å². The van der Waals surface area contributed by atoms with Crippen LogP contribution in [-0.4, -0.2) is 46.7 Å². The summed E-state index contributed by atoms with van der Waals surface area (Å²) in [6.07, 6.45) is 4.68. The van der Waals surface area contributed by atoms with Gasteiger partial charge in [0, 0.05) is 25.7 Å². The van der Waals surface area contributed by atoms with E-state index in [2.05, 4.69) is 44.9 Å². The van der Waals surface area contributed by atoms with Crippen LogP contribution in [0, 0.1) is 0 Å². The Hall–Kier alpha value is -1.39. The van der Waals surface area contributed by atoms with Crippen molar-refractivity contribution in [2.75, 3.05) is 26.2 Å². The number of hydrogen-bond acceptors (Lipinski definition) is 3. The maximum atomic E-state index is 4.43. The van der Waals surface area contributed by atoms with Gasteiger partial charge in [0.1, 0.15) is 0 Å². The minimum Gasteiger partial charge on any atom is -0.329 e. The van der Waals surface area contributed by atoms with Crippen LogP contribution in [-0.2, 0) is 6.54 Å². The maximum absolute atomic E-state index is 4.43. The molecule has 0 radical (unpaired) electrons. The van der Waals surface area contributed by atoms with E-state index >= 15 is 0 Å². The third kappa shape index (κ3) is 3.19. The lowest BCUT2D eigenvalue weighted by atomic mass is 10.3. The number of para-hydroxylation sites is 2. The zero-order chi connectivity index (χ0) is 13.8. The van der Waals surface area contributed by atoms with Crippen molar-refractivity contribution >= 4 is 11.0 Å². The average Bonchev–Trinajstić information content (AvgIpc) is 3.09. The standard InChI is InChI=1S/C16H24N4/c1-14(12-19-9-4-5-10-19)17-8-11-20-13-18-15-6-2-3-7-16(15)20/h2-3,6-7,13-14,17H,4-5,8-12H2,1H3. The van der Waals surface area contributed by atoms with Gasteiger partial charge in [0.15, 0.2) is 0 Å². The van der Waals surface area contributed by atoms with Crippen LogP contribution in [0.4, 0.5) is 0 Å². The van der Waals surface area contributed by atoms with E-state index in [0.29, 0.717) is 6.04 Å². The van der Waals surface area contributed by atoms with Gasteiger partial charge in [-0.05, 0) is 45.0 Å². The number of imidazole rings is 1. The van der Waals surface area contributed by atoms with Gasteiger partial charge in [0.25, 0.3) is 0 Å². The van der Waals surface area contributed by atoms with Crippen LogP contribution < -0.4 is 5.32 Å². The molecule has 3 rings (SSSR count). The van der Waals surface area contributed by atoms with Gasteiger partial charge < -0.3 is 14.8 Å². The summed E-state index contributed by atoms with van der Waals surface area (Å²) in [6, 6.07) is 8.87. The van der Waals surface area contributed by atoms with E-state index < -0.39 is 0 Å². The molecule has 1 aliphatic rings. The smallest absolute Gasteiger partial charge is 0.0958 e. The minimum atomic E-state index is 0.558. The quantitative estimate of drug-likeness (QED) is 0.874. The fourth-order valence-corrected chi connectivity index (χ4v) is 3.04. The molecule has 0 bridgehead atoms. The summed E-state index contributed by atoms with van der Waals surface area (Å²) in [7, 11) is 0. The van der Waals surface area contributed by atoms with Crippen molar-refractivity contribution in [2.24, 2.45) is 0 Å². The normalized spacial score (nSPS) is 17.9. The Balaban J connectivity index is 1.47. The van der Waals surface area contributed by atoms with Gasteiger partial charge in [0.05, 0.1) is 17.4 Å². The number of hydrogen-bond donors (Lipinski definition) is 1. The van der Waals surface area contributed by atoms with Crippen molar-refractivity contribution in [3.05, 3.63) is 30.6 Å². The van der Waals surface area contributed by atoms with Crippen molar-refractivity contribution < 1.29 is 0 Å². The lowest BCUT2D eigenvalue weighted by Crippen LogP contribution is -2.39. The number of nitrogens with one attached hydrogen (secondary N) is 1. The summed E-state index contributed by atoms with van der Waals surface area (Å²) in [4.78, 5) is 6.99. The summed E-state index contributed by atoms with van der Waals surface area (Å²) >= 11 is 0. The zero-order valence-corrected chi connectivity index (χ0v) is 12.3. The summed E-state index contributed by atoms with van der Waals surface area (Å²) in [5.74, 6) is 0. The van der Waals surface area contributed by atoms with Gasteiger partial charge in [-0.2, -0.15) is 0 Å². The Morgan fingerprint density at radius 2 is 2.05 bits per heavy atom. The molecule has 1 aromatic heterocycles. The van der Waals surface area contributed by atoms with Gasteiger partial charge in [-0.3, -0.25) is 0 Å². The highest BCUT2D eigenvalue weighted by atomic mass is 15.2. The zero-order valence-electron chi connectivity index (χ0n) is 12.3. The number of fused-ring (bicyclic) bond motifs is 1. The predicted molar refractivity (Wildman–Crippen MR) is 82.9 cm³/mol. The monoisotopic (exact) mass is 272 g/mol. The van der Waals surface area contributed by atoms with Crippen LogP contribution >= 0.6 is 0 Å². The first-order chi connectivity index (χ1) is 9.83. The van der Waals surface area contributed by atoms with E-state index in [9.17, 15) is 0 Å². The van der Waals surface area contributed by atoms with E-state index in [-0.39, 0.29) is 0 Å². The Kier molecular flexibility index (Phi) is 4.33. The number of aromatic nitrogens is 2. The molecule has 108 valence electrons. The largest absolute Gasteiger partial charge is 0.329 e. The molecule has 1 N–H and O–H groups in total. The summed E-state index contributed by atoms with van der Waals surface area (Å²) in [6.45, 7) is 7.98. The first-order valence-electron chi connectivity index (χ1n) is 7.68. The molecule has 4 heteroatoms. The molecular formula is C16H24N4. The highest BCUT2D eigenvalue weighted by Gasteiger charge is 2.14.